The zero-order chi connectivity index (χ0) is 11.4. The molecule has 15 heavy (non-hydrogen) atoms. The predicted octanol–water partition coefficient (Wildman–Crippen LogP) is 1.24. The van der Waals surface area contributed by atoms with Gasteiger partial charge < -0.3 is 4.74 Å². The second-order valence-corrected chi connectivity index (χ2v) is 4.20. The molecule has 0 saturated heterocycles. The van der Waals surface area contributed by atoms with E-state index in [9.17, 15) is 13.2 Å². The summed E-state index contributed by atoms with van der Waals surface area (Å²) in [5.41, 5.74) is 0.576. The zero-order valence-corrected chi connectivity index (χ0v) is 9.55. The van der Waals surface area contributed by atoms with Gasteiger partial charge in [0.1, 0.15) is 10.7 Å². The number of halogens is 1. The molecule has 0 fully saturated rings. The Morgan fingerprint density at radius 1 is 1.47 bits per heavy atom. The van der Waals surface area contributed by atoms with E-state index in [1.165, 1.54) is 25.3 Å². The summed E-state index contributed by atoms with van der Waals surface area (Å²) in [6, 6.07) is 4.42. The van der Waals surface area contributed by atoms with E-state index >= 15 is 0 Å². The smallest absolute Gasteiger partial charge is 0.338 e. The molecule has 0 saturated carbocycles. The van der Waals surface area contributed by atoms with Crippen LogP contribution in [0.4, 0.5) is 0 Å². The highest BCUT2D eigenvalue weighted by Crippen LogP contribution is 2.17. The minimum atomic E-state index is -2.58. The molecule has 0 radical (unpaired) electrons. The molecule has 1 aromatic rings. The lowest BCUT2D eigenvalue weighted by Gasteiger charge is -2.05. The van der Waals surface area contributed by atoms with Crippen LogP contribution < -0.4 is 0 Å². The van der Waals surface area contributed by atoms with Gasteiger partial charge in [0.15, 0.2) is 0 Å². The van der Waals surface area contributed by atoms with Crippen molar-refractivity contribution in [1.29, 1.82) is 0 Å². The number of carbonyl (C=O) groups excluding carboxylic acids is 1. The van der Waals surface area contributed by atoms with Crippen LogP contribution in [0.5, 0.6) is 0 Å². The highest BCUT2D eigenvalue weighted by atomic mass is 35.5. The molecule has 1 aromatic carbocycles. The Morgan fingerprint density at radius 3 is 2.67 bits per heavy atom. The molecule has 6 heteroatoms. The predicted molar refractivity (Wildman–Crippen MR) is 56.8 cm³/mol. The van der Waals surface area contributed by atoms with Gasteiger partial charge in [0.2, 0.25) is 0 Å². The van der Waals surface area contributed by atoms with Gasteiger partial charge in [-0.2, -0.15) is 0 Å². The lowest BCUT2D eigenvalue weighted by molar-refractivity contribution is 0.0600. The number of benzene rings is 1. The number of methoxy groups -OCH3 is 1. The van der Waals surface area contributed by atoms with Gasteiger partial charge in [0, 0.05) is 5.02 Å². The van der Waals surface area contributed by atoms with Crippen LogP contribution >= 0.6 is 11.6 Å². The topological polar surface area (TPSA) is 60.4 Å². The van der Waals surface area contributed by atoms with Crippen molar-refractivity contribution in [3.05, 3.63) is 34.3 Å². The van der Waals surface area contributed by atoms with Crippen LogP contribution in [0.3, 0.4) is 0 Å². The number of esters is 1. The average Bonchev–Trinajstić information content (AvgIpc) is 2.19. The summed E-state index contributed by atoms with van der Waals surface area (Å²) in [5.74, 6) is -0.791. The van der Waals surface area contributed by atoms with Gasteiger partial charge in [0.25, 0.3) is 0 Å². The molecular weight excluding hydrogens is 240 g/mol. The summed E-state index contributed by atoms with van der Waals surface area (Å²) in [6.07, 6.45) is 0. The van der Waals surface area contributed by atoms with Crippen LogP contribution in [0.15, 0.2) is 18.2 Å². The Labute approximate surface area is 93.8 Å². The molecule has 4 nitrogen and oxygen atoms in total. The first-order valence-corrected chi connectivity index (χ1v) is 5.77. The molecule has 1 rings (SSSR count). The minimum Gasteiger partial charge on any atom is -0.465 e. The molecule has 0 atom stereocenters. The normalized spacial score (nSPS) is 10.3. The summed E-state index contributed by atoms with van der Waals surface area (Å²) < 4.78 is 25.7. The molecule has 0 heterocycles. The van der Waals surface area contributed by atoms with E-state index in [1.807, 2.05) is 0 Å². The third-order valence-electron chi connectivity index (χ3n) is 1.78. The van der Waals surface area contributed by atoms with Crippen LogP contribution in [0.25, 0.3) is 0 Å². The summed E-state index contributed by atoms with van der Waals surface area (Å²) in [6.45, 7) is 0. The van der Waals surface area contributed by atoms with E-state index in [1.54, 1.807) is 0 Å². The second-order valence-electron chi connectivity index (χ2n) is 2.78. The van der Waals surface area contributed by atoms with Gasteiger partial charge in [-0.05, 0) is 17.7 Å². The first kappa shape index (κ1) is 12.0. The third kappa shape index (κ3) is 3.21. The zero-order valence-electron chi connectivity index (χ0n) is 7.90. The van der Waals surface area contributed by atoms with Crippen LogP contribution in [-0.2, 0) is 21.2 Å². The van der Waals surface area contributed by atoms with Gasteiger partial charge in [-0.25, -0.2) is 13.2 Å². The highest BCUT2D eigenvalue weighted by molar-refractivity contribution is 7.71. The molecule has 82 valence electrons. The maximum absolute atomic E-state index is 11.3. The van der Waals surface area contributed by atoms with Crippen molar-refractivity contribution in [2.75, 3.05) is 7.11 Å². The number of ether oxygens (including phenoxy) is 1. The van der Waals surface area contributed by atoms with Gasteiger partial charge >= 0.3 is 5.97 Å². The number of hydrogen-bond donors (Lipinski definition) is 1. The van der Waals surface area contributed by atoms with Crippen molar-refractivity contribution in [2.24, 2.45) is 0 Å². The summed E-state index contributed by atoms with van der Waals surface area (Å²) in [5, 5.41) is 0.361. The fourth-order valence-electron chi connectivity index (χ4n) is 1.13. The van der Waals surface area contributed by atoms with Crippen LogP contribution in [0.2, 0.25) is 5.02 Å². The molecule has 0 spiro atoms. The molecule has 0 aromatic heterocycles. The molecule has 0 aliphatic carbocycles. The molecule has 0 bridgehead atoms. The van der Waals surface area contributed by atoms with Crippen molar-refractivity contribution in [2.45, 2.75) is 5.75 Å². The lowest BCUT2D eigenvalue weighted by Crippen LogP contribution is -2.06. The fourth-order valence-corrected chi connectivity index (χ4v) is 1.85. The van der Waals surface area contributed by atoms with Crippen molar-refractivity contribution in [3.63, 3.8) is 0 Å². The first-order valence-electron chi connectivity index (χ1n) is 4.03. The monoisotopic (exact) mass is 248 g/mol. The van der Waals surface area contributed by atoms with Gasteiger partial charge in [-0.1, -0.05) is 17.7 Å². The Bertz CT molecular complexity index is 445. The maximum atomic E-state index is 11.3. The Hall–Kier alpha value is -1.07. The summed E-state index contributed by atoms with van der Waals surface area (Å²) in [7, 11) is -1.36. The molecule has 0 unspecified atom stereocenters. The molecule has 0 aliphatic heterocycles. The number of rotatable bonds is 3. The van der Waals surface area contributed by atoms with E-state index in [-0.39, 0.29) is 11.3 Å². The van der Waals surface area contributed by atoms with E-state index < -0.39 is 16.7 Å². The van der Waals surface area contributed by atoms with E-state index in [0.717, 1.165) is 0 Å². The van der Waals surface area contributed by atoms with Crippen LogP contribution in [-0.4, -0.2) is 21.5 Å². The van der Waals surface area contributed by atoms with Crippen molar-refractivity contribution in [3.8, 4) is 0 Å². The van der Waals surface area contributed by atoms with E-state index in [0.29, 0.717) is 10.6 Å². The Balaban J connectivity index is 3.19. The molecule has 0 aliphatic rings. The minimum absolute atomic E-state index is 0.184. The number of hydrogen-bond acceptors (Lipinski definition) is 4. The van der Waals surface area contributed by atoms with Crippen molar-refractivity contribution < 1.29 is 17.9 Å². The average molecular weight is 249 g/mol. The Kier molecular flexibility index (Phi) is 4.11. The van der Waals surface area contributed by atoms with Crippen LogP contribution in [0.1, 0.15) is 15.9 Å². The van der Waals surface area contributed by atoms with Crippen LogP contribution in [0, 0.1) is 0 Å². The molecule has 0 amide bonds. The first-order chi connectivity index (χ1) is 7.04. The highest BCUT2D eigenvalue weighted by Gasteiger charge is 2.12. The SMILES string of the molecule is COC(=O)c1cc(Cl)ccc1C[SH](=O)=O. The van der Waals surface area contributed by atoms with Crippen molar-refractivity contribution in [1.82, 2.24) is 0 Å². The largest absolute Gasteiger partial charge is 0.465 e. The van der Waals surface area contributed by atoms with Gasteiger partial charge in [0.05, 0.1) is 18.4 Å². The third-order valence-corrected chi connectivity index (χ3v) is 2.61. The number of thiol groups is 1. The second kappa shape index (κ2) is 5.14. The van der Waals surface area contributed by atoms with E-state index in [4.69, 9.17) is 11.6 Å². The lowest BCUT2D eigenvalue weighted by atomic mass is 10.1. The van der Waals surface area contributed by atoms with Crippen molar-refractivity contribution >= 4 is 28.3 Å². The Morgan fingerprint density at radius 2 is 2.13 bits per heavy atom. The summed E-state index contributed by atoms with van der Waals surface area (Å²) >= 11 is 5.70. The van der Waals surface area contributed by atoms with Gasteiger partial charge in [-0.15, -0.1) is 0 Å². The molecule has 0 N–H and O–H groups in total. The fraction of sp³-hybridized carbons (Fsp3) is 0.222. The van der Waals surface area contributed by atoms with Gasteiger partial charge in [-0.3, -0.25) is 0 Å². The van der Waals surface area contributed by atoms with E-state index in [2.05, 4.69) is 4.74 Å². The summed E-state index contributed by atoms with van der Waals surface area (Å²) in [4.78, 5) is 11.3. The standard InChI is InChI=1S/C9H9ClO4S/c1-14-9(11)8-4-7(10)3-2-6(8)5-15(12)13/h2-4,15H,5H2,1H3. The maximum Gasteiger partial charge on any atom is 0.338 e. The number of carbonyl (C=O) groups is 1. The molecular formula is C9H9ClO4S. The quantitative estimate of drug-likeness (QED) is 0.646.